The van der Waals surface area contributed by atoms with E-state index in [1.54, 1.807) is 0 Å². The van der Waals surface area contributed by atoms with Crippen molar-refractivity contribution in [2.45, 2.75) is 9.79 Å². The zero-order valence-corrected chi connectivity index (χ0v) is 21.8. The van der Waals surface area contributed by atoms with E-state index >= 15 is 0 Å². The molecule has 9 nitrogen and oxygen atoms in total. The molecular weight excluding hydrogens is 549 g/mol. The smallest absolute Gasteiger partial charge is 0.263 e. The van der Waals surface area contributed by atoms with Crippen LogP contribution in [0, 0.1) is 0 Å². The number of rotatable bonds is 7. The highest BCUT2D eigenvalue weighted by Crippen LogP contribution is 2.28. The normalized spacial score (nSPS) is 14.8. The molecule has 3 aromatic rings. The third-order valence-corrected chi connectivity index (χ3v) is 9.29. The molecule has 0 bridgehead atoms. The average Bonchev–Trinajstić information content (AvgIpc) is 2.87. The van der Waals surface area contributed by atoms with Crippen molar-refractivity contribution in [2.75, 3.05) is 36.3 Å². The standard InChI is InChI=1S/C23H21Cl2N3O6S2/c24-17-4-6-18(7-5-17)27-35(30,31)22-15-19(8-9-21(22)25)26-23(29)16-2-1-3-20(14-16)36(32,33)28-10-12-34-13-11-28/h1-9,14-15,27H,10-13H2,(H,26,29). The summed E-state index contributed by atoms with van der Waals surface area (Å²) in [6.07, 6.45) is 0. The molecule has 0 aromatic heterocycles. The van der Waals surface area contributed by atoms with Gasteiger partial charge in [-0.2, -0.15) is 4.31 Å². The first-order valence-corrected chi connectivity index (χ1v) is 14.3. The number of carbonyl (C=O) groups is 1. The Hall–Kier alpha value is -2.67. The van der Waals surface area contributed by atoms with Crippen molar-refractivity contribution in [3.05, 3.63) is 82.3 Å². The molecule has 0 spiro atoms. The summed E-state index contributed by atoms with van der Waals surface area (Å²) in [5.74, 6) is -0.620. The molecule has 0 radical (unpaired) electrons. The summed E-state index contributed by atoms with van der Waals surface area (Å²) in [5, 5.41) is 2.99. The number of morpholine rings is 1. The minimum atomic E-state index is -4.09. The Morgan fingerprint density at radius 3 is 2.22 bits per heavy atom. The Bertz CT molecular complexity index is 1490. The third kappa shape index (κ3) is 6.00. The molecule has 3 aromatic carbocycles. The van der Waals surface area contributed by atoms with Crippen LogP contribution in [0.25, 0.3) is 0 Å². The second kappa shape index (κ2) is 10.8. The van der Waals surface area contributed by atoms with Crippen LogP contribution in [0.1, 0.15) is 10.4 Å². The summed E-state index contributed by atoms with van der Waals surface area (Å²) >= 11 is 12.0. The fourth-order valence-electron chi connectivity index (χ4n) is 3.45. The Morgan fingerprint density at radius 2 is 1.53 bits per heavy atom. The molecule has 0 saturated carbocycles. The molecule has 4 rings (SSSR count). The molecule has 1 saturated heterocycles. The number of nitrogens with one attached hydrogen (secondary N) is 2. The molecule has 0 unspecified atom stereocenters. The lowest BCUT2D eigenvalue weighted by atomic mass is 10.2. The quantitative estimate of drug-likeness (QED) is 0.442. The van der Waals surface area contributed by atoms with Gasteiger partial charge in [-0.25, -0.2) is 16.8 Å². The fraction of sp³-hybridized carbons (Fsp3) is 0.174. The first kappa shape index (κ1) is 26.4. The summed E-state index contributed by atoms with van der Waals surface area (Å²) in [7, 11) is -7.88. The van der Waals surface area contributed by atoms with Gasteiger partial charge in [-0.1, -0.05) is 29.3 Å². The molecule has 13 heteroatoms. The monoisotopic (exact) mass is 569 g/mol. The fourth-order valence-corrected chi connectivity index (χ4v) is 6.62. The topological polar surface area (TPSA) is 122 Å². The number of hydrogen-bond acceptors (Lipinski definition) is 6. The van der Waals surface area contributed by atoms with Crippen LogP contribution in [0.3, 0.4) is 0 Å². The first-order valence-electron chi connectivity index (χ1n) is 10.6. The minimum Gasteiger partial charge on any atom is -0.379 e. The molecule has 1 fully saturated rings. The van der Waals surface area contributed by atoms with Crippen molar-refractivity contribution in [3.63, 3.8) is 0 Å². The van der Waals surface area contributed by atoms with Crippen molar-refractivity contribution in [1.29, 1.82) is 0 Å². The van der Waals surface area contributed by atoms with Gasteiger partial charge in [0.25, 0.3) is 15.9 Å². The van der Waals surface area contributed by atoms with Crippen molar-refractivity contribution in [2.24, 2.45) is 0 Å². The SMILES string of the molecule is O=C(Nc1ccc(Cl)c(S(=O)(=O)Nc2ccc(Cl)cc2)c1)c1cccc(S(=O)(=O)N2CCOCC2)c1. The Balaban J connectivity index is 1.55. The van der Waals surface area contributed by atoms with Gasteiger partial charge >= 0.3 is 0 Å². The number of nitrogens with zero attached hydrogens (tertiary/aromatic N) is 1. The maximum absolute atomic E-state index is 12.9. The highest BCUT2D eigenvalue weighted by molar-refractivity contribution is 7.92. The summed E-state index contributed by atoms with van der Waals surface area (Å²) in [5.41, 5.74) is 0.522. The summed E-state index contributed by atoms with van der Waals surface area (Å²) < 4.78 is 60.6. The van der Waals surface area contributed by atoms with E-state index in [1.807, 2.05) is 0 Å². The number of hydrogen-bond donors (Lipinski definition) is 2. The predicted octanol–water partition coefficient (Wildman–Crippen LogP) is 4.07. The van der Waals surface area contributed by atoms with Crippen molar-refractivity contribution in [3.8, 4) is 0 Å². The van der Waals surface area contributed by atoms with Gasteiger partial charge in [0, 0.05) is 35.1 Å². The van der Waals surface area contributed by atoms with E-state index in [0.29, 0.717) is 18.2 Å². The summed E-state index contributed by atoms with van der Waals surface area (Å²) in [4.78, 5) is 12.6. The zero-order valence-electron chi connectivity index (χ0n) is 18.6. The van der Waals surface area contributed by atoms with Crippen LogP contribution < -0.4 is 10.0 Å². The van der Waals surface area contributed by atoms with Gasteiger partial charge in [-0.05, 0) is 60.7 Å². The van der Waals surface area contributed by atoms with E-state index in [9.17, 15) is 21.6 Å². The van der Waals surface area contributed by atoms with Gasteiger partial charge in [-0.15, -0.1) is 0 Å². The van der Waals surface area contributed by atoms with Gasteiger partial charge in [0.05, 0.1) is 23.1 Å². The molecule has 36 heavy (non-hydrogen) atoms. The number of carbonyl (C=O) groups excluding carboxylic acids is 1. The second-order valence-electron chi connectivity index (χ2n) is 7.76. The number of amides is 1. The van der Waals surface area contributed by atoms with Crippen LogP contribution in [0.15, 0.2) is 76.5 Å². The lowest BCUT2D eigenvalue weighted by molar-refractivity contribution is 0.0730. The molecule has 0 atom stereocenters. The highest BCUT2D eigenvalue weighted by atomic mass is 35.5. The molecule has 1 aliphatic rings. The lowest BCUT2D eigenvalue weighted by Gasteiger charge is -2.26. The number of benzene rings is 3. The number of sulfonamides is 2. The van der Waals surface area contributed by atoms with Crippen molar-refractivity contribution < 1.29 is 26.4 Å². The Kier molecular flexibility index (Phi) is 7.88. The van der Waals surface area contributed by atoms with Crippen LogP contribution in [0.4, 0.5) is 11.4 Å². The molecule has 1 aliphatic heterocycles. The molecular formula is C23H21Cl2N3O6S2. The van der Waals surface area contributed by atoms with E-state index in [0.717, 1.165) is 0 Å². The van der Waals surface area contributed by atoms with Gasteiger partial charge < -0.3 is 10.1 Å². The zero-order chi connectivity index (χ0) is 25.9. The van der Waals surface area contributed by atoms with Crippen LogP contribution in [0.5, 0.6) is 0 Å². The first-order chi connectivity index (χ1) is 17.1. The summed E-state index contributed by atoms with van der Waals surface area (Å²) in [6, 6.07) is 15.7. The maximum atomic E-state index is 12.9. The number of halogens is 2. The third-order valence-electron chi connectivity index (χ3n) is 5.28. The Labute approximate surface area is 219 Å². The predicted molar refractivity (Wildman–Crippen MR) is 138 cm³/mol. The lowest BCUT2D eigenvalue weighted by Crippen LogP contribution is -2.40. The van der Waals surface area contributed by atoms with E-state index in [1.165, 1.54) is 71.0 Å². The van der Waals surface area contributed by atoms with Crippen LogP contribution in [0.2, 0.25) is 10.0 Å². The number of anilines is 2. The van der Waals surface area contributed by atoms with Gasteiger partial charge in [0.1, 0.15) is 4.90 Å². The van der Waals surface area contributed by atoms with Gasteiger partial charge in [0.15, 0.2) is 0 Å². The van der Waals surface area contributed by atoms with Gasteiger partial charge in [0.2, 0.25) is 10.0 Å². The minimum absolute atomic E-state index is 0.0245. The largest absolute Gasteiger partial charge is 0.379 e. The van der Waals surface area contributed by atoms with Crippen LogP contribution >= 0.6 is 23.2 Å². The van der Waals surface area contributed by atoms with Crippen LogP contribution in [-0.4, -0.2) is 53.4 Å². The Morgan fingerprint density at radius 1 is 0.861 bits per heavy atom. The average molecular weight is 570 g/mol. The van der Waals surface area contributed by atoms with Crippen LogP contribution in [-0.2, 0) is 24.8 Å². The summed E-state index contributed by atoms with van der Waals surface area (Å²) in [6.45, 7) is 1.05. The molecule has 190 valence electrons. The van der Waals surface area contributed by atoms with E-state index in [4.69, 9.17) is 27.9 Å². The highest BCUT2D eigenvalue weighted by Gasteiger charge is 2.27. The number of ether oxygens (including phenoxy) is 1. The second-order valence-corrected chi connectivity index (χ2v) is 12.2. The van der Waals surface area contributed by atoms with Crippen molar-refractivity contribution >= 4 is 60.5 Å². The van der Waals surface area contributed by atoms with Crippen molar-refractivity contribution in [1.82, 2.24) is 4.31 Å². The van der Waals surface area contributed by atoms with E-state index in [-0.39, 0.29) is 44.8 Å². The maximum Gasteiger partial charge on any atom is 0.263 e. The van der Waals surface area contributed by atoms with Gasteiger partial charge in [-0.3, -0.25) is 9.52 Å². The molecule has 0 aliphatic carbocycles. The van der Waals surface area contributed by atoms with E-state index < -0.39 is 26.0 Å². The molecule has 1 amide bonds. The van der Waals surface area contributed by atoms with E-state index in [2.05, 4.69) is 10.0 Å². The molecule has 1 heterocycles. The molecule has 2 N–H and O–H groups in total.